The van der Waals surface area contributed by atoms with Crippen LogP contribution in [0.4, 0.5) is 5.69 Å². The third-order valence-electron chi connectivity index (χ3n) is 6.04. The summed E-state index contributed by atoms with van der Waals surface area (Å²) in [7, 11) is -1.06. The number of hydrogen-bond donors (Lipinski definition) is 1. The topological polar surface area (TPSA) is 96.0 Å². The number of amides is 2. The lowest BCUT2D eigenvalue weighted by Gasteiger charge is -2.33. The first-order chi connectivity index (χ1) is 17.7. The van der Waals surface area contributed by atoms with Gasteiger partial charge in [-0.3, -0.25) is 13.9 Å². The normalized spacial score (nSPS) is 11.9. The number of carbonyl (C=O) groups is 2. The van der Waals surface area contributed by atoms with Crippen molar-refractivity contribution in [2.24, 2.45) is 0 Å². The van der Waals surface area contributed by atoms with E-state index in [1.807, 2.05) is 38.1 Å². The molecule has 9 heteroatoms. The first-order valence-electron chi connectivity index (χ1n) is 12.0. The van der Waals surface area contributed by atoms with Crippen molar-refractivity contribution >= 4 is 27.5 Å². The molecule has 3 aromatic rings. The number of rotatable bonds is 11. The molecule has 196 valence electrons. The van der Waals surface area contributed by atoms with E-state index in [-0.39, 0.29) is 17.3 Å². The standard InChI is InChI=1S/C28H33N3O5S/c1-5-26(28(33)29-3)30(19-22-11-9-10-21(2)18-22)27(32)20-31(23-14-16-24(36-4)17-15-23)37(34,35)25-12-7-6-8-13-25/h6-18,26H,5,19-20H2,1-4H3,(H,29,33). The molecule has 0 aliphatic carbocycles. The first kappa shape index (κ1) is 27.7. The third-order valence-corrected chi connectivity index (χ3v) is 7.83. The fraction of sp³-hybridized carbons (Fsp3) is 0.286. The third kappa shape index (κ3) is 6.68. The van der Waals surface area contributed by atoms with Gasteiger partial charge < -0.3 is 15.0 Å². The van der Waals surface area contributed by atoms with E-state index in [1.54, 1.807) is 42.5 Å². The molecule has 0 spiro atoms. The van der Waals surface area contributed by atoms with Crippen LogP contribution in [0.1, 0.15) is 24.5 Å². The van der Waals surface area contributed by atoms with Crippen molar-refractivity contribution in [1.29, 1.82) is 0 Å². The number of anilines is 1. The minimum absolute atomic E-state index is 0.0576. The molecule has 0 aliphatic rings. The summed E-state index contributed by atoms with van der Waals surface area (Å²) in [5.74, 6) is -0.253. The van der Waals surface area contributed by atoms with E-state index in [1.165, 1.54) is 31.2 Å². The number of ether oxygens (including phenoxy) is 1. The minimum Gasteiger partial charge on any atom is -0.497 e. The van der Waals surface area contributed by atoms with Gasteiger partial charge >= 0.3 is 0 Å². The van der Waals surface area contributed by atoms with E-state index >= 15 is 0 Å². The summed E-state index contributed by atoms with van der Waals surface area (Å²) in [5, 5.41) is 2.62. The Labute approximate surface area is 218 Å². The lowest BCUT2D eigenvalue weighted by molar-refractivity contribution is -0.140. The lowest BCUT2D eigenvalue weighted by Crippen LogP contribution is -2.51. The van der Waals surface area contributed by atoms with Gasteiger partial charge in [-0.15, -0.1) is 0 Å². The number of benzene rings is 3. The molecule has 0 saturated heterocycles. The smallest absolute Gasteiger partial charge is 0.264 e. The Kier molecular flexibility index (Phi) is 9.30. The molecule has 0 aliphatic heterocycles. The number of sulfonamides is 1. The lowest BCUT2D eigenvalue weighted by atomic mass is 10.1. The molecule has 0 radical (unpaired) electrons. The largest absolute Gasteiger partial charge is 0.497 e. The van der Waals surface area contributed by atoms with Gasteiger partial charge in [0.25, 0.3) is 10.0 Å². The number of carbonyl (C=O) groups excluding carboxylic acids is 2. The highest BCUT2D eigenvalue weighted by Gasteiger charge is 2.33. The molecule has 0 fully saturated rings. The Balaban J connectivity index is 2.05. The average Bonchev–Trinajstić information content (AvgIpc) is 2.91. The molecule has 0 saturated carbocycles. The van der Waals surface area contributed by atoms with Crippen molar-refractivity contribution in [3.63, 3.8) is 0 Å². The Morgan fingerprint density at radius 2 is 1.65 bits per heavy atom. The second-order valence-corrected chi connectivity index (χ2v) is 10.4. The summed E-state index contributed by atoms with van der Waals surface area (Å²) in [5.41, 5.74) is 2.17. The van der Waals surface area contributed by atoms with E-state index in [0.717, 1.165) is 15.4 Å². The van der Waals surface area contributed by atoms with Gasteiger partial charge in [-0.25, -0.2) is 8.42 Å². The predicted molar refractivity (Wildman–Crippen MR) is 144 cm³/mol. The van der Waals surface area contributed by atoms with Gasteiger partial charge in [0.15, 0.2) is 0 Å². The van der Waals surface area contributed by atoms with E-state index in [2.05, 4.69) is 5.32 Å². The molecule has 0 aromatic heterocycles. The molecule has 0 bridgehead atoms. The van der Waals surface area contributed by atoms with E-state index in [0.29, 0.717) is 17.9 Å². The van der Waals surface area contributed by atoms with E-state index < -0.39 is 28.5 Å². The Morgan fingerprint density at radius 1 is 0.973 bits per heavy atom. The van der Waals surface area contributed by atoms with Crippen LogP contribution in [0.2, 0.25) is 0 Å². The molecule has 37 heavy (non-hydrogen) atoms. The molecular formula is C28H33N3O5S. The van der Waals surface area contributed by atoms with Crippen molar-refractivity contribution in [2.75, 3.05) is 25.0 Å². The quantitative estimate of drug-likeness (QED) is 0.413. The average molecular weight is 524 g/mol. The van der Waals surface area contributed by atoms with Gasteiger partial charge in [-0.1, -0.05) is 55.0 Å². The SMILES string of the molecule is CCC(C(=O)NC)N(Cc1cccc(C)c1)C(=O)CN(c1ccc(OC)cc1)S(=O)(=O)c1ccccc1. The maximum absolute atomic E-state index is 13.9. The predicted octanol–water partition coefficient (Wildman–Crippen LogP) is 3.75. The van der Waals surface area contributed by atoms with Gasteiger partial charge in [0.1, 0.15) is 18.3 Å². The number of aryl methyl sites for hydroxylation is 1. The monoisotopic (exact) mass is 523 g/mol. The van der Waals surface area contributed by atoms with Crippen LogP contribution >= 0.6 is 0 Å². The Morgan fingerprint density at radius 3 is 2.22 bits per heavy atom. The van der Waals surface area contributed by atoms with E-state index in [4.69, 9.17) is 4.74 Å². The Hall–Kier alpha value is -3.85. The zero-order valence-corrected chi connectivity index (χ0v) is 22.4. The maximum Gasteiger partial charge on any atom is 0.264 e. The molecule has 3 aromatic carbocycles. The van der Waals surface area contributed by atoms with Gasteiger partial charge in [-0.05, 0) is 55.3 Å². The maximum atomic E-state index is 13.9. The molecule has 2 amide bonds. The first-order valence-corrected chi connectivity index (χ1v) is 13.4. The highest BCUT2D eigenvalue weighted by atomic mass is 32.2. The van der Waals surface area contributed by atoms with Crippen LogP contribution in [0.25, 0.3) is 0 Å². The van der Waals surface area contributed by atoms with Crippen LogP contribution in [-0.2, 0) is 26.2 Å². The Bertz CT molecular complexity index is 1310. The van der Waals surface area contributed by atoms with Crippen LogP contribution in [0.15, 0.2) is 83.8 Å². The number of likely N-dealkylation sites (N-methyl/N-ethyl adjacent to an activating group) is 1. The summed E-state index contributed by atoms with van der Waals surface area (Å²) in [6.07, 6.45) is 0.366. The second-order valence-electron chi connectivity index (χ2n) is 8.57. The molecule has 1 atom stereocenters. The summed E-state index contributed by atoms with van der Waals surface area (Å²) in [6.45, 7) is 3.44. The number of hydrogen-bond acceptors (Lipinski definition) is 5. The van der Waals surface area contributed by atoms with Crippen molar-refractivity contribution in [2.45, 2.75) is 37.8 Å². The van der Waals surface area contributed by atoms with Crippen molar-refractivity contribution in [3.8, 4) is 5.75 Å². The van der Waals surface area contributed by atoms with Gasteiger partial charge in [0, 0.05) is 13.6 Å². The number of methoxy groups -OCH3 is 1. The van der Waals surface area contributed by atoms with Crippen LogP contribution in [0.5, 0.6) is 5.75 Å². The summed E-state index contributed by atoms with van der Waals surface area (Å²) in [6, 6.07) is 21.3. The number of nitrogens with one attached hydrogen (secondary N) is 1. The number of nitrogens with zero attached hydrogens (tertiary/aromatic N) is 2. The highest BCUT2D eigenvalue weighted by Crippen LogP contribution is 2.26. The van der Waals surface area contributed by atoms with Gasteiger partial charge in [0.05, 0.1) is 17.7 Å². The van der Waals surface area contributed by atoms with Crippen molar-refractivity contribution < 1.29 is 22.7 Å². The van der Waals surface area contributed by atoms with Crippen LogP contribution in [-0.4, -0.2) is 51.9 Å². The van der Waals surface area contributed by atoms with Crippen LogP contribution in [0.3, 0.4) is 0 Å². The minimum atomic E-state index is -4.10. The second kappa shape index (κ2) is 12.4. The fourth-order valence-electron chi connectivity index (χ4n) is 4.09. The molecular weight excluding hydrogens is 490 g/mol. The summed E-state index contributed by atoms with van der Waals surface area (Å²) >= 11 is 0. The molecule has 8 nitrogen and oxygen atoms in total. The molecule has 3 rings (SSSR count). The summed E-state index contributed by atoms with van der Waals surface area (Å²) in [4.78, 5) is 28.1. The van der Waals surface area contributed by atoms with Crippen LogP contribution < -0.4 is 14.4 Å². The molecule has 1 unspecified atom stereocenters. The van der Waals surface area contributed by atoms with E-state index in [9.17, 15) is 18.0 Å². The molecule has 0 heterocycles. The molecule has 1 N–H and O–H groups in total. The van der Waals surface area contributed by atoms with Crippen molar-refractivity contribution in [3.05, 3.63) is 90.0 Å². The summed E-state index contributed by atoms with van der Waals surface area (Å²) < 4.78 is 33.7. The fourth-order valence-corrected chi connectivity index (χ4v) is 5.53. The van der Waals surface area contributed by atoms with Crippen molar-refractivity contribution in [1.82, 2.24) is 10.2 Å². The van der Waals surface area contributed by atoms with Crippen LogP contribution in [0, 0.1) is 6.92 Å². The van der Waals surface area contributed by atoms with Gasteiger partial charge in [-0.2, -0.15) is 0 Å². The zero-order valence-electron chi connectivity index (χ0n) is 21.5. The zero-order chi connectivity index (χ0) is 27.0. The van der Waals surface area contributed by atoms with Gasteiger partial charge in [0.2, 0.25) is 11.8 Å². The highest BCUT2D eigenvalue weighted by molar-refractivity contribution is 7.92.